The molecule has 0 saturated carbocycles. The fraction of sp³-hybridized carbons (Fsp3) is 0.408. The molecular formula is C49H59F2IN14O4. The molecule has 2 aliphatic heterocycles. The fourth-order valence-electron chi connectivity index (χ4n) is 9.49. The smallest absolute Gasteiger partial charge is 0.231 e. The maximum absolute atomic E-state index is 15.0. The van der Waals surface area contributed by atoms with Crippen LogP contribution in [0.2, 0.25) is 0 Å². The summed E-state index contributed by atoms with van der Waals surface area (Å²) in [4.78, 5) is 48.3. The molecule has 2 fully saturated rings. The minimum absolute atomic E-state index is 0.0304. The van der Waals surface area contributed by atoms with Crippen LogP contribution in [-0.4, -0.2) is 135 Å². The van der Waals surface area contributed by atoms with E-state index in [2.05, 4.69) is 47.6 Å². The zero-order chi connectivity index (χ0) is 49.5. The van der Waals surface area contributed by atoms with Crippen LogP contribution in [0.15, 0.2) is 92.0 Å². The summed E-state index contributed by atoms with van der Waals surface area (Å²) in [7, 11) is 0. The van der Waals surface area contributed by atoms with Gasteiger partial charge in [0.05, 0.1) is 41.8 Å². The van der Waals surface area contributed by atoms with Crippen LogP contribution >= 0.6 is 22.6 Å². The highest BCUT2D eigenvalue weighted by Crippen LogP contribution is 2.30. The van der Waals surface area contributed by atoms with Gasteiger partial charge >= 0.3 is 0 Å². The Kier molecular flexibility index (Phi) is 16.3. The van der Waals surface area contributed by atoms with Gasteiger partial charge in [0, 0.05) is 104 Å². The lowest BCUT2D eigenvalue weighted by Crippen LogP contribution is -2.47. The summed E-state index contributed by atoms with van der Waals surface area (Å²) in [6.07, 6.45) is 10.8. The molecule has 7 heterocycles. The maximum atomic E-state index is 15.0. The van der Waals surface area contributed by atoms with E-state index in [9.17, 15) is 24.2 Å². The summed E-state index contributed by atoms with van der Waals surface area (Å²) in [5.41, 5.74) is 14.0. The minimum atomic E-state index is -0.563. The van der Waals surface area contributed by atoms with E-state index >= 15 is 4.39 Å². The first-order valence-electron chi connectivity index (χ1n) is 23.5. The second kappa shape index (κ2) is 22.7. The van der Waals surface area contributed by atoms with E-state index in [1.165, 1.54) is 24.8 Å². The Bertz CT molecular complexity index is 2900. The molecule has 9 rings (SSSR count). The molecule has 7 aromatic rings. The Morgan fingerprint density at radius 1 is 0.714 bits per heavy atom. The molecule has 6 N–H and O–H groups in total. The first-order chi connectivity index (χ1) is 33.8. The number of aromatic nitrogens is 8. The van der Waals surface area contributed by atoms with Crippen molar-refractivity contribution in [2.45, 2.75) is 65.1 Å². The van der Waals surface area contributed by atoms with Gasteiger partial charge in [-0.3, -0.25) is 19.4 Å². The number of aliphatic hydroxyl groups is 2. The third-order valence-electron chi connectivity index (χ3n) is 13.2. The molecule has 2 saturated heterocycles. The standard InChI is InChI=1S/C26H31FN8O2.C23H28FIN6O2/c1-2-33(13-18-4-5-20(12-22(18)27)35-9-3-8-31-35)25-21-7-11-34(26(21)30-17-29-25)14-19-6-10-32(15-23(19)36)16-24(28)37;1-2-30(10-15-3-4-17(25)9-19(15)24)22-18-6-8-31(23(18)28-14-27-22)11-16-5-7-29(12-20(16)32)13-21(26)33/h3-5,7-9,11-12,17,19,23,36H,2,6,10,13-16H2,1H3,(H2,28,37);3-4,6,8-9,14,16,20,32H,2,5,7,10-13H2,1H3,(H2,26,33)/t19-,23+;16-,20+/m00/s1. The first kappa shape index (κ1) is 50.3. The molecule has 4 atom stereocenters. The molecule has 18 nitrogen and oxygen atoms in total. The topological polar surface area (TPSA) is 219 Å². The number of benzene rings is 2. The number of nitrogens with zero attached hydrogens (tertiary/aromatic N) is 12. The zero-order valence-corrected chi connectivity index (χ0v) is 41.4. The molecule has 370 valence electrons. The summed E-state index contributed by atoms with van der Waals surface area (Å²) in [6, 6.07) is 16.1. The van der Waals surface area contributed by atoms with Crippen LogP contribution in [0.5, 0.6) is 0 Å². The molecule has 21 heteroatoms. The molecule has 0 spiro atoms. The van der Waals surface area contributed by atoms with E-state index in [1.54, 1.807) is 29.2 Å². The van der Waals surface area contributed by atoms with Crippen molar-refractivity contribution in [3.05, 3.63) is 118 Å². The number of likely N-dealkylation sites (tertiary alicyclic amines) is 2. The molecule has 0 unspecified atom stereocenters. The SMILES string of the molecule is CCN(Cc1ccc(-n2cccn2)cc1F)c1ncnc2c1ccn2C[C@@H]1CCN(CC(N)=O)C[C@H]1O.CCN(Cc1ccc(I)cc1F)c1ncnc2c1ccn2C[C@@H]1CCN(CC(N)=O)C[C@H]1O. The van der Waals surface area contributed by atoms with Crippen LogP contribution in [0.25, 0.3) is 27.8 Å². The van der Waals surface area contributed by atoms with Gasteiger partial charge in [-0.25, -0.2) is 33.4 Å². The van der Waals surface area contributed by atoms with Gasteiger partial charge in [0.1, 0.15) is 47.2 Å². The van der Waals surface area contributed by atoms with Gasteiger partial charge in [0.25, 0.3) is 0 Å². The number of fused-ring (bicyclic) bond motifs is 2. The Morgan fingerprint density at radius 2 is 1.21 bits per heavy atom. The second-order valence-corrected chi connectivity index (χ2v) is 19.2. The van der Waals surface area contributed by atoms with E-state index in [0.717, 1.165) is 56.7 Å². The second-order valence-electron chi connectivity index (χ2n) is 17.9. The van der Waals surface area contributed by atoms with Gasteiger partial charge in [-0.15, -0.1) is 0 Å². The van der Waals surface area contributed by atoms with Crippen molar-refractivity contribution in [1.82, 2.24) is 48.7 Å². The molecule has 0 bridgehead atoms. The van der Waals surface area contributed by atoms with Crippen LogP contribution < -0.4 is 21.3 Å². The van der Waals surface area contributed by atoms with Crippen LogP contribution in [0.4, 0.5) is 20.4 Å². The number of aliphatic hydroxyl groups excluding tert-OH is 2. The van der Waals surface area contributed by atoms with Gasteiger partial charge in [-0.2, -0.15) is 5.10 Å². The zero-order valence-electron chi connectivity index (χ0n) is 39.2. The first-order valence-corrected chi connectivity index (χ1v) is 24.6. The number of β-amino-alcohol motifs (C(OH)–C–C–N with tert-alkyl or cyclic N) is 2. The number of amides is 2. The third kappa shape index (κ3) is 11.9. The molecule has 2 amide bonds. The van der Waals surface area contributed by atoms with Crippen molar-refractivity contribution in [2.75, 3.05) is 62.2 Å². The summed E-state index contributed by atoms with van der Waals surface area (Å²) in [5, 5.41) is 27.2. The Hall–Kier alpha value is -6.14. The van der Waals surface area contributed by atoms with E-state index in [-0.39, 0.29) is 48.4 Å². The monoisotopic (exact) mass is 1070 g/mol. The minimum Gasteiger partial charge on any atom is -0.391 e. The van der Waals surface area contributed by atoms with E-state index in [4.69, 9.17) is 11.5 Å². The van der Waals surface area contributed by atoms with Gasteiger partial charge < -0.3 is 40.6 Å². The summed E-state index contributed by atoms with van der Waals surface area (Å²) in [6.45, 7) is 9.91. The molecule has 2 aromatic carbocycles. The average molecular weight is 1070 g/mol. The number of hydrogen-bond acceptors (Lipinski definition) is 13. The van der Waals surface area contributed by atoms with Gasteiger partial charge in [0.15, 0.2) is 0 Å². The largest absolute Gasteiger partial charge is 0.391 e. The fourth-order valence-corrected chi connectivity index (χ4v) is 9.95. The van der Waals surface area contributed by atoms with E-state index < -0.39 is 12.2 Å². The number of carbonyl (C=O) groups excluding carboxylic acids is 2. The Morgan fingerprint density at radius 3 is 1.64 bits per heavy atom. The van der Waals surface area contributed by atoms with Gasteiger partial charge in [-0.1, -0.05) is 12.1 Å². The highest BCUT2D eigenvalue weighted by atomic mass is 127. The van der Waals surface area contributed by atoms with Gasteiger partial charge in [0.2, 0.25) is 11.8 Å². The van der Waals surface area contributed by atoms with E-state index in [1.807, 2.05) is 85.3 Å². The van der Waals surface area contributed by atoms with Crippen molar-refractivity contribution >= 4 is 68.1 Å². The number of piperidine rings is 2. The third-order valence-corrected chi connectivity index (χ3v) is 13.9. The Balaban J connectivity index is 0.000000190. The quantitative estimate of drug-likeness (QED) is 0.0936. The Labute approximate surface area is 418 Å². The van der Waals surface area contributed by atoms with Crippen molar-refractivity contribution in [2.24, 2.45) is 23.3 Å². The number of nitrogens with two attached hydrogens (primary N) is 2. The normalized spacial score (nSPS) is 18.7. The lowest BCUT2D eigenvalue weighted by atomic mass is 9.93. The van der Waals surface area contributed by atoms with Crippen LogP contribution in [0, 0.1) is 27.0 Å². The van der Waals surface area contributed by atoms with Crippen LogP contribution in [0.1, 0.15) is 37.8 Å². The number of primary amides is 2. The summed E-state index contributed by atoms with van der Waals surface area (Å²) < 4.78 is 36.0. The molecular weight excluding hydrogens is 1010 g/mol. The lowest BCUT2D eigenvalue weighted by molar-refractivity contribution is -0.121. The van der Waals surface area contributed by atoms with Crippen molar-refractivity contribution in [3.8, 4) is 5.69 Å². The maximum Gasteiger partial charge on any atom is 0.231 e. The number of anilines is 2. The molecule has 5 aromatic heterocycles. The number of halogens is 3. The lowest BCUT2D eigenvalue weighted by Gasteiger charge is -2.35. The van der Waals surface area contributed by atoms with Crippen LogP contribution in [0.3, 0.4) is 0 Å². The molecule has 70 heavy (non-hydrogen) atoms. The molecule has 0 aliphatic carbocycles. The predicted molar refractivity (Wildman–Crippen MR) is 271 cm³/mol. The van der Waals surface area contributed by atoms with Crippen molar-refractivity contribution < 1.29 is 28.6 Å². The summed E-state index contributed by atoms with van der Waals surface area (Å²) >= 11 is 2.10. The number of rotatable bonds is 17. The van der Waals surface area contributed by atoms with Crippen molar-refractivity contribution in [3.63, 3.8) is 0 Å². The van der Waals surface area contributed by atoms with Gasteiger partial charge in [-0.05, 0) is 105 Å². The highest BCUT2D eigenvalue weighted by Gasteiger charge is 2.31. The molecule has 2 aliphatic rings. The van der Waals surface area contributed by atoms with E-state index in [0.29, 0.717) is 75.7 Å². The predicted octanol–water partition coefficient (Wildman–Crippen LogP) is 4.32. The molecule has 0 radical (unpaired) electrons. The highest BCUT2D eigenvalue weighted by molar-refractivity contribution is 14.1. The van der Waals surface area contributed by atoms with Crippen LogP contribution in [-0.2, 0) is 35.8 Å². The number of hydrogen-bond donors (Lipinski definition) is 4. The van der Waals surface area contributed by atoms with Crippen molar-refractivity contribution in [1.29, 1.82) is 0 Å². The number of carbonyl (C=O) groups is 2. The summed E-state index contributed by atoms with van der Waals surface area (Å²) in [5.74, 6) is 0.280. The average Bonchev–Trinajstić information content (AvgIpc) is 4.12.